The normalized spacial score (nSPS) is 16.6. The predicted octanol–water partition coefficient (Wildman–Crippen LogP) is 5.70. The molecule has 0 N–H and O–H groups in total. The van der Waals surface area contributed by atoms with Crippen molar-refractivity contribution in [3.8, 4) is 0 Å². The second kappa shape index (κ2) is 17.6. The van der Waals surface area contributed by atoms with Gasteiger partial charge in [0, 0.05) is 46.4 Å². The fourth-order valence-corrected chi connectivity index (χ4v) is 5.62. The molecule has 0 aromatic heterocycles. The van der Waals surface area contributed by atoms with Crippen LogP contribution in [0.5, 0.6) is 0 Å². The summed E-state index contributed by atoms with van der Waals surface area (Å²) in [5.74, 6) is 0. The molecule has 1 fully saturated rings. The van der Waals surface area contributed by atoms with Gasteiger partial charge in [-0.1, -0.05) is 58.8 Å². The molecule has 1 rings (SSSR count). The zero-order valence-electron chi connectivity index (χ0n) is 21.4. The van der Waals surface area contributed by atoms with Crippen LogP contribution in [-0.4, -0.2) is 89.0 Å². The molecule has 0 spiro atoms. The monoisotopic (exact) mass is 441 g/mol. The second-order valence-corrected chi connectivity index (χ2v) is 14.5. The molecular formula is C25H55N3OSi. The first kappa shape index (κ1) is 28.1. The molecule has 180 valence electrons. The Morgan fingerprint density at radius 1 is 0.667 bits per heavy atom. The Balaban J connectivity index is 2.02. The Kier molecular flexibility index (Phi) is 16.5. The number of nitrogens with zero attached hydrogens (tertiary/aromatic N) is 3. The first-order chi connectivity index (χ1) is 14.5. The van der Waals surface area contributed by atoms with Crippen LogP contribution < -0.4 is 0 Å². The summed E-state index contributed by atoms with van der Waals surface area (Å²) >= 11 is 0. The van der Waals surface area contributed by atoms with E-state index in [2.05, 4.69) is 41.6 Å². The minimum atomic E-state index is -1.32. The number of rotatable bonds is 19. The van der Waals surface area contributed by atoms with Gasteiger partial charge in [0.1, 0.15) is 0 Å². The molecule has 1 aliphatic heterocycles. The summed E-state index contributed by atoms with van der Waals surface area (Å²) in [6.07, 6.45) is 13.7. The fourth-order valence-electron chi connectivity index (χ4n) is 4.31. The van der Waals surface area contributed by atoms with Crippen molar-refractivity contribution in [2.24, 2.45) is 0 Å². The highest BCUT2D eigenvalue weighted by atomic mass is 28.4. The summed E-state index contributed by atoms with van der Waals surface area (Å²) in [4.78, 5) is 8.11. The van der Waals surface area contributed by atoms with Crippen LogP contribution in [0.25, 0.3) is 0 Å². The van der Waals surface area contributed by atoms with E-state index in [1.807, 2.05) is 7.11 Å². The van der Waals surface area contributed by atoms with E-state index in [9.17, 15) is 0 Å². The summed E-state index contributed by atoms with van der Waals surface area (Å²) in [7, 11) is 0.572. The Hall–Kier alpha value is 0.0569. The smallest absolute Gasteiger partial charge is 0.186 e. The molecule has 0 aromatic rings. The first-order valence-electron chi connectivity index (χ1n) is 13.2. The molecular weight excluding hydrogens is 386 g/mol. The van der Waals surface area contributed by atoms with Crippen molar-refractivity contribution in [1.29, 1.82) is 0 Å². The average Bonchev–Trinajstić information content (AvgIpc) is 2.76. The van der Waals surface area contributed by atoms with Crippen LogP contribution in [0.2, 0.25) is 19.1 Å². The minimum absolute atomic E-state index is 1.27. The summed E-state index contributed by atoms with van der Waals surface area (Å²) in [6, 6.07) is 1.32. The molecule has 1 aliphatic rings. The largest absolute Gasteiger partial charge is 0.420 e. The lowest BCUT2D eigenvalue weighted by Crippen LogP contribution is -2.48. The third kappa shape index (κ3) is 14.2. The van der Waals surface area contributed by atoms with E-state index in [0.717, 1.165) is 0 Å². The van der Waals surface area contributed by atoms with Crippen LogP contribution in [-0.2, 0) is 4.43 Å². The molecule has 0 amide bonds. The molecule has 0 radical (unpaired) electrons. The van der Waals surface area contributed by atoms with Crippen LogP contribution in [0.3, 0.4) is 0 Å². The standard InChI is InChI=1S/C25H55N3OSi/c1-6-8-16-26(17-9-7-2)19-22-28-23-20-27(21-24-28)18-14-12-10-11-13-15-25-30(4,5)29-3/h6-25H2,1-5H3. The van der Waals surface area contributed by atoms with Crippen molar-refractivity contribution in [3.05, 3.63) is 0 Å². The molecule has 0 aromatic carbocycles. The highest BCUT2D eigenvalue weighted by Crippen LogP contribution is 2.16. The molecule has 0 unspecified atom stereocenters. The van der Waals surface area contributed by atoms with Crippen LogP contribution in [0.15, 0.2) is 0 Å². The Bertz CT molecular complexity index is 379. The number of piperazine rings is 1. The minimum Gasteiger partial charge on any atom is -0.420 e. The van der Waals surface area contributed by atoms with Gasteiger partial charge in [0.2, 0.25) is 0 Å². The van der Waals surface area contributed by atoms with Crippen molar-refractivity contribution < 1.29 is 4.43 Å². The van der Waals surface area contributed by atoms with Crippen molar-refractivity contribution in [3.63, 3.8) is 0 Å². The van der Waals surface area contributed by atoms with Crippen molar-refractivity contribution in [1.82, 2.24) is 14.7 Å². The summed E-state index contributed by atoms with van der Waals surface area (Å²) in [5.41, 5.74) is 0. The molecule has 0 atom stereocenters. The Labute approximate surface area is 190 Å². The Morgan fingerprint density at radius 2 is 1.17 bits per heavy atom. The van der Waals surface area contributed by atoms with E-state index in [0.29, 0.717) is 0 Å². The van der Waals surface area contributed by atoms with Crippen LogP contribution >= 0.6 is 0 Å². The van der Waals surface area contributed by atoms with E-state index in [-0.39, 0.29) is 0 Å². The van der Waals surface area contributed by atoms with E-state index in [1.165, 1.54) is 129 Å². The van der Waals surface area contributed by atoms with Gasteiger partial charge in [-0.05, 0) is 58.0 Å². The predicted molar refractivity (Wildman–Crippen MR) is 136 cm³/mol. The summed E-state index contributed by atoms with van der Waals surface area (Å²) in [6.45, 7) is 20.8. The third-order valence-corrected chi connectivity index (χ3v) is 9.57. The lowest BCUT2D eigenvalue weighted by Gasteiger charge is -2.36. The van der Waals surface area contributed by atoms with Crippen molar-refractivity contribution in [2.45, 2.75) is 97.2 Å². The van der Waals surface area contributed by atoms with Gasteiger partial charge in [-0.25, -0.2) is 0 Å². The molecule has 5 heteroatoms. The number of unbranched alkanes of at least 4 members (excludes halogenated alkanes) is 7. The van der Waals surface area contributed by atoms with Gasteiger partial charge >= 0.3 is 0 Å². The average molecular weight is 442 g/mol. The van der Waals surface area contributed by atoms with Gasteiger partial charge in [0.15, 0.2) is 8.32 Å². The zero-order chi connectivity index (χ0) is 22.1. The van der Waals surface area contributed by atoms with Gasteiger partial charge in [0.05, 0.1) is 0 Å². The van der Waals surface area contributed by atoms with Gasteiger partial charge < -0.3 is 14.2 Å². The SMILES string of the molecule is CCCCN(CCCC)CCN1CCN(CCCCCCCC[Si](C)(C)OC)CC1. The number of hydrogen-bond acceptors (Lipinski definition) is 4. The Morgan fingerprint density at radius 3 is 1.70 bits per heavy atom. The lowest BCUT2D eigenvalue weighted by atomic mass is 10.1. The van der Waals surface area contributed by atoms with Gasteiger partial charge in [0.25, 0.3) is 0 Å². The summed E-state index contributed by atoms with van der Waals surface area (Å²) in [5, 5.41) is 0. The van der Waals surface area contributed by atoms with E-state index in [1.54, 1.807) is 0 Å². The van der Waals surface area contributed by atoms with Crippen LogP contribution in [0, 0.1) is 0 Å². The quantitative estimate of drug-likeness (QED) is 0.189. The molecule has 0 saturated carbocycles. The third-order valence-electron chi connectivity index (χ3n) is 6.91. The van der Waals surface area contributed by atoms with Gasteiger partial charge in [-0.15, -0.1) is 0 Å². The maximum absolute atomic E-state index is 5.64. The second-order valence-electron chi connectivity index (χ2n) is 10.1. The maximum atomic E-state index is 5.64. The molecule has 0 bridgehead atoms. The van der Waals surface area contributed by atoms with Crippen LogP contribution in [0.4, 0.5) is 0 Å². The molecule has 30 heavy (non-hydrogen) atoms. The number of hydrogen-bond donors (Lipinski definition) is 0. The van der Waals surface area contributed by atoms with Gasteiger partial charge in [-0.3, -0.25) is 4.90 Å². The van der Waals surface area contributed by atoms with E-state index in [4.69, 9.17) is 4.43 Å². The van der Waals surface area contributed by atoms with Crippen molar-refractivity contribution >= 4 is 8.32 Å². The molecule has 1 heterocycles. The van der Waals surface area contributed by atoms with Crippen molar-refractivity contribution in [2.75, 3.05) is 66.0 Å². The molecule has 0 aliphatic carbocycles. The molecule has 1 saturated heterocycles. The highest BCUT2D eigenvalue weighted by Gasteiger charge is 2.19. The van der Waals surface area contributed by atoms with E-state index < -0.39 is 8.32 Å². The lowest BCUT2D eigenvalue weighted by molar-refractivity contribution is 0.116. The topological polar surface area (TPSA) is 19.0 Å². The summed E-state index contributed by atoms with van der Waals surface area (Å²) < 4.78 is 5.64. The highest BCUT2D eigenvalue weighted by molar-refractivity contribution is 6.71. The fraction of sp³-hybridized carbons (Fsp3) is 1.00. The zero-order valence-corrected chi connectivity index (χ0v) is 22.4. The maximum Gasteiger partial charge on any atom is 0.186 e. The van der Waals surface area contributed by atoms with Crippen LogP contribution in [0.1, 0.15) is 78.1 Å². The van der Waals surface area contributed by atoms with Gasteiger partial charge in [-0.2, -0.15) is 0 Å². The molecule has 4 nitrogen and oxygen atoms in total. The van der Waals surface area contributed by atoms with E-state index >= 15 is 0 Å². The first-order valence-corrected chi connectivity index (χ1v) is 16.3.